The summed E-state index contributed by atoms with van der Waals surface area (Å²) in [5, 5.41) is 2.34. The molecule has 9 nitrogen and oxygen atoms in total. The normalized spacial score (nSPS) is 10.3. The smallest absolute Gasteiger partial charge is 0.328 e. The number of anilines is 1. The second-order valence-electron chi connectivity index (χ2n) is 5.67. The number of nitrogens with zero attached hydrogens (tertiary/aromatic N) is 4. The molecule has 1 aromatic carbocycles. The van der Waals surface area contributed by atoms with Crippen LogP contribution in [0, 0.1) is 0 Å². The van der Waals surface area contributed by atoms with Crippen molar-refractivity contribution in [2.24, 2.45) is 4.99 Å². The monoisotopic (exact) mass is 402 g/mol. The predicted molar refractivity (Wildman–Crippen MR) is 111 cm³/mol. The van der Waals surface area contributed by atoms with Gasteiger partial charge in [-0.2, -0.15) is 9.97 Å². The van der Waals surface area contributed by atoms with Crippen molar-refractivity contribution >= 4 is 34.4 Å². The van der Waals surface area contributed by atoms with E-state index < -0.39 is 0 Å². The summed E-state index contributed by atoms with van der Waals surface area (Å²) in [6, 6.07) is 7.78. The summed E-state index contributed by atoms with van der Waals surface area (Å²) in [5.74, 6) is 0.150. The highest BCUT2D eigenvalue weighted by Crippen LogP contribution is 2.18. The number of hydrogen-bond donors (Lipinski definition) is 2. The van der Waals surface area contributed by atoms with Crippen LogP contribution >= 0.6 is 12.2 Å². The number of H-pyrrole nitrogens is 1. The fourth-order valence-electron chi connectivity index (χ4n) is 2.51. The van der Waals surface area contributed by atoms with Gasteiger partial charge in [-0.05, 0) is 23.3 Å². The average Bonchev–Trinajstić information content (AvgIpc) is 2.98. The standard InChI is InChI=1S/C17H18N6O3S.CH4/c1-25-6-7-26-16-21-14(18)13-15(22-16)23(17(24)20-13)9-12-4-2-11(3-5-12)8-19-10-27;/h2-5H,6-9H2,1H3,(H,20,24)(H2,18,21,22);1H4. The van der Waals surface area contributed by atoms with E-state index in [0.29, 0.717) is 30.9 Å². The van der Waals surface area contributed by atoms with Gasteiger partial charge in [-0.15, -0.1) is 0 Å². The van der Waals surface area contributed by atoms with E-state index in [1.54, 1.807) is 7.11 Å². The van der Waals surface area contributed by atoms with Crippen LogP contribution in [0.25, 0.3) is 11.2 Å². The third-order valence-electron chi connectivity index (χ3n) is 3.84. The molecule has 28 heavy (non-hydrogen) atoms. The molecule has 148 valence electrons. The number of nitrogens with one attached hydrogen (secondary N) is 1. The number of hydrogen-bond acceptors (Lipinski definition) is 8. The highest BCUT2D eigenvalue weighted by molar-refractivity contribution is 7.78. The van der Waals surface area contributed by atoms with Crippen molar-refractivity contribution < 1.29 is 9.47 Å². The topological polar surface area (TPSA) is 120 Å². The lowest BCUT2D eigenvalue weighted by atomic mass is 10.1. The van der Waals surface area contributed by atoms with Crippen LogP contribution in [-0.2, 0) is 17.8 Å². The number of aliphatic imine (C=N–C) groups is 1. The Labute approximate surface area is 167 Å². The molecular weight excluding hydrogens is 380 g/mol. The molecule has 3 rings (SSSR count). The molecule has 0 aliphatic rings. The van der Waals surface area contributed by atoms with Crippen LogP contribution in [0.5, 0.6) is 6.01 Å². The second kappa shape index (κ2) is 9.75. The first-order valence-electron chi connectivity index (χ1n) is 8.11. The Morgan fingerprint density at radius 1 is 1.25 bits per heavy atom. The van der Waals surface area contributed by atoms with Gasteiger partial charge in [0.15, 0.2) is 11.5 Å². The van der Waals surface area contributed by atoms with E-state index in [-0.39, 0.29) is 31.6 Å². The molecule has 3 N–H and O–H groups in total. The van der Waals surface area contributed by atoms with Gasteiger partial charge >= 0.3 is 11.7 Å². The summed E-state index contributed by atoms with van der Waals surface area (Å²) < 4.78 is 11.8. The first kappa shape index (κ1) is 21.2. The minimum Gasteiger partial charge on any atom is -0.461 e. The minimum atomic E-state index is -0.325. The molecule has 0 spiro atoms. The number of thiocarbonyl (C=S) groups is 1. The number of aromatic nitrogens is 4. The zero-order valence-corrected chi connectivity index (χ0v) is 15.5. The average molecular weight is 402 g/mol. The van der Waals surface area contributed by atoms with Crippen LogP contribution in [0.2, 0.25) is 0 Å². The number of fused-ring (bicyclic) bond motifs is 1. The fourth-order valence-corrected chi connectivity index (χ4v) is 2.58. The van der Waals surface area contributed by atoms with E-state index in [2.05, 4.69) is 37.3 Å². The van der Waals surface area contributed by atoms with Gasteiger partial charge in [-0.25, -0.2) is 9.79 Å². The Kier molecular flexibility index (Phi) is 7.39. The predicted octanol–water partition coefficient (Wildman–Crippen LogP) is 2.01. The van der Waals surface area contributed by atoms with Gasteiger partial charge in [0, 0.05) is 7.11 Å². The van der Waals surface area contributed by atoms with Crippen molar-refractivity contribution in [1.82, 2.24) is 19.5 Å². The van der Waals surface area contributed by atoms with E-state index in [9.17, 15) is 4.79 Å². The van der Waals surface area contributed by atoms with Gasteiger partial charge in [0.25, 0.3) is 0 Å². The molecular formula is C18H22N6O3S. The Morgan fingerprint density at radius 2 is 1.96 bits per heavy atom. The maximum absolute atomic E-state index is 12.4. The number of nitrogen functional groups attached to an aromatic ring is 1. The molecule has 0 saturated carbocycles. The summed E-state index contributed by atoms with van der Waals surface area (Å²) >= 11 is 4.57. The Hall–Kier alpha value is -3.07. The summed E-state index contributed by atoms with van der Waals surface area (Å²) in [4.78, 5) is 27.3. The van der Waals surface area contributed by atoms with Crippen LogP contribution in [-0.4, -0.2) is 45.0 Å². The van der Waals surface area contributed by atoms with Gasteiger partial charge in [0.05, 0.1) is 24.9 Å². The van der Waals surface area contributed by atoms with Crippen molar-refractivity contribution in [3.63, 3.8) is 0 Å². The number of methoxy groups -OCH3 is 1. The van der Waals surface area contributed by atoms with E-state index in [4.69, 9.17) is 15.2 Å². The molecule has 2 aromatic heterocycles. The molecule has 0 radical (unpaired) electrons. The molecule has 10 heteroatoms. The summed E-state index contributed by atoms with van der Waals surface area (Å²) in [6.45, 7) is 1.47. The number of nitrogens with two attached hydrogens (primary N) is 1. The van der Waals surface area contributed by atoms with Crippen LogP contribution < -0.4 is 16.2 Å². The van der Waals surface area contributed by atoms with Crippen LogP contribution in [0.4, 0.5) is 5.82 Å². The van der Waals surface area contributed by atoms with Gasteiger partial charge in [-0.3, -0.25) is 4.57 Å². The maximum atomic E-state index is 12.4. The Morgan fingerprint density at radius 3 is 2.64 bits per heavy atom. The lowest BCUT2D eigenvalue weighted by molar-refractivity contribution is 0.141. The summed E-state index contributed by atoms with van der Waals surface area (Å²) in [6.07, 6.45) is 0. The lowest BCUT2D eigenvalue weighted by Crippen LogP contribution is -2.18. The van der Waals surface area contributed by atoms with Crippen molar-refractivity contribution in [3.05, 3.63) is 45.9 Å². The Balaban J connectivity index is 0.00000280. The fraction of sp³-hybridized carbons (Fsp3) is 0.333. The molecule has 0 amide bonds. The van der Waals surface area contributed by atoms with Gasteiger partial charge in [0.2, 0.25) is 0 Å². The van der Waals surface area contributed by atoms with Crippen molar-refractivity contribution in [2.45, 2.75) is 20.5 Å². The quantitative estimate of drug-likeness (QED) is 0.336. The van der Waals surface area contributed by atoms with Gasteiger partial charge < -0.3 is 20.2 Å². The molecule has 0 atom stereocenters. The number of rotatable bonds is 8. The molecule has 0 unspecified atom stereocenters. The van der Waals surface area contributed by atoms with E-state index in [1.165, 1.54) is 4.57 Å². The van der Waals surface area contributed by atoms with Crippen molar-refractivity contribution in [1.29, 1.82) is 0 Å². The molecule has 0 aliphatic heterocycles. The third kappa shape index (κ3) is 4.80. The van der Waals surface area contributed by atoms with Gasteiger partial charge in [0.1, 0.15) is 12.1 Å². The zero-order chi connectivity index (χ0) is 19.2. The van der Waals surface area contributed by atoms with Crippen LogP contribution in [0.3, 0.4) is 0 Å². The molecule has 3 aromatic rings. The number of imidazole rings is 1. The number of ether oxygens (including phenoxy) is 2. The Bertz CT molecular complexity index is 1040. The number of aromatic amines is 1. The molecule has 0 aliphatic carbocycles. The SMILES string of the molecule is C.COCCOc1nc(N)c2[nH]c(=O)n(Cc3ccc(CN=C=S)cc3)c2n1. The number of benzene rings is 1. The van der Waals surface area contributed by atoms with E-state index >= 15 is 0 Å². The lowest BCUT2D eigenvalue weighted by Gasteiger charge is -2.07. The highest BCUT2D eigenvalue weighted by Gasteiger charge is 2.15. The first-order valence-corrected chi connectivity index (χ1v) is 8.52. The second-order valence-corrected chi connectivity index (χ2v) is 5.85. The third-order valence-corrected chi connectivity index (χ3v) is 3.97. The van der Waals surface area contributed by atoms with Crippen molar-refractivity contribution in [3.8, 4) is 6.01 Å². The largest absolute Gasteiger partial charge is 0.461 e. The van der Waals surface area contributed by atoms with Crippen molar-refractivity contribution in [2.75, 3.05) is 26.1 Å². The first-order chi connectivity index (χ1) is 13.1. The van der Waals surface area contributed by atoms with Gasteiger partial charge in [-0.1, -0.05) is 31.7 Å². The minimum absolute atomic E-state index is 0. The van der Waals surface area contributed by atoms with E-state index in [1.807, 2.05) is 24.3 Å². The molecule has 2 heterocycles. The molecule has 0 bridgehead atoms. The molecule has 0 fully saturated rings. The van der Waals surface area contributed by atoms with E-state index in [0.717, 1.165) is 11.1 Å². The highest BCUT2D eigenvalue weighted by atomic mass is 32.1. The summed E-state index contributed by atoms with van der Waals surface area (Å²) in [5.41, 5.74) is 8.30. The van der Waals surface area contributed by atoms with Crippen LogP contribution in [0.15, 0.2) is 34.1 Å². The maximum Gasteiger partial charge on any atom is 0.328 e. The zero-order valence-electron chi connectivity index (χ0n) is 14.6. The number of isothiocyanates is 1. The molecule has 0 saturated heterocycles. The summed E-state index contributed by atoms with van der Waals surface area (Å²) in [7, 11) is 1.57. The van der Waals surface area contributed by atoms with Crippen LogP contribution in [0.1, 0.15) is 18.6 Å².